The second-order valence-electron chi connectivity index (χ2n) is 9.90. The van der Waals surface area contributed by atoms with E-state index < -0.39 is 28.5 Å². The summed E-state index contributed by atoms with van der Waals surface area (Å²) in [5.41, 5.74) is 3.26. The maximum absolute atomic E-state index is 13.9. The molecule has 0 fully saturated rings. The lowest BCUT2D eigenvalue weighted by atomic mass is 10.1. The van der Waals surface area contributed by atoms with Gasteiger partial charge >= 0.3 is 0 Å². The minimum atomic E-state index is -4.13. The van der Waals surface area contributed by atoms with E-state index in [9.17, 15) is 18.0 Å². The minimum Gasteiger partial charge on any atom is -0.352 e. The summed E-state index contributed by atoms with van der Waals surface area (Å²) in [6, 6.07) is 19.8. The standard InChI is InChI=1S/C30H36ClN3O4S/c1-21(2)32-30(36)24(5)33(18-17-25-9-7-6-8-10-25)29(35)20-34(27-14-11-22(3)23(4)19-27)39(37,38)28-15-12-26(31)13-16-28/h6-16,19,21,24H,17-18,20H2,1-5H3,(H,32,36)/t24-/m1/s1. The molecule has 9 heteroatoms. The zero-order valence-electron chi connectivity index (χ0n) is 23.0. The number of rotatable bonds is 11. The first-order valence-corrected chi connectivity index (χ1v) is 14.7. The highest BCUT2D eigenvalue weighted by molar-refractivity contribution is 7.92. The Labute approximate surface area is 236 Å². The molecule has 3 aromatic rings. The molecule has 2 amide bonds. The molecule has 0 saturated heterocycles. The van der Waals surface area contributed by atoms with Crippen molar-refractivity contribution in [1.82, 2.24) is 10.2 Å². The molecule has 0 heterocycles. The Balaban J connectivity index is 2.00. The van der Waals surface area contributed by atoms with Crippen LogP contribution in [-0.2, 0) is 26.0 Å². The Kier molecular flexibility index (Phi) is 10.2. The first kappa shape index (κ1) is 30.2. The lowest BCUT2D eigenvalue weighted by molar-refractivity contribution is -0.139. The molecule has 3 rings (SSSR count). The van der Waals surface area contributed by atoms with Crippen LogP contribution in [0.4, 0.5) is 5.69 Å². The fourth-order valence-corrected chi connectivity index (χ4v) is 5.65. The predicted molar refractivity (Wildman–Crippen MR) is 156 cm³/mol. The monoisotopic (exact) mass is 569 g/mol. The van der Waals surface area contributed by atoms with Gasteiger partial charge in [-0.3, -0.25) is 13.9 Å². The van der Waals surface area contributed by atoms with Crippen LogP contribution < -0.4 is 9.62 Å². The number of hydrogen-bond acceptors (Lipinski definition) is 4. The normalized spacial score (nSPS) is 12.2. The predicted octanol–water partition coefficient (Wildman–Crippen LogP) is 5.14. The third kappa shape index (κ3) is 7.83. The Hall–Kier alpha value is -3.36. The van der Waals surface area contributed by atoms with E-state index in [2.05, 4.69) is 5.32 Å². The fourth-order valence-electron chi connectivity index (χ4n) is 4.12. The highest BCUT2D eigenvalue weighted by Gasteiger charge is 2.32. The minimum absolute atomic E-state index is 0.0133. The van der Waals surface area contributed by atoms with Crippen molar-refractivity contribution in [2.75, 3.05) is 17.4 Å². The summed E-state index contributed by atoms with van der Waals surface area (Å²) < 4.78 is 28.8. The van der Waals surface area contributed by atoms with E-state index in [1.165, 1.54) is 29.2 Å². The molecule has 0 unspecified atom stereocenters. The SMILES string of the molecule is Cc1ccc(N(CC(=O)N(CCc2ccccc2)[C@H](C)C(=O)NC(C)C)S(=O)(=O)c2ccc(Cl)cc2)cc1C. The van der Waals surface area contributed by atoms with Crippen molar-refractivity contribution in [2.24, 2.45) is 0 Å². The maximum atomic E-state index is 13.9. The van der Waals surface area contributed by atoms with E-state index in [-0.39, 0.29) is 23.4 Å². The summed E-state index contributed by atoms with van der Waals surface area (Å²) in [6.45, 7) is 8.95. The number of aryl methyl sites for hydroxylation is 2. The number of anilines is 1. The van der Waals surface area contributed by atoms with Gasteiger partial charge in [-0.05, 0) is 94.1 Å². The summed E-state index contributed by atoms with van der Waals surface area (Å²) in [4.78, 5) is 28.3. The highest BCUT2D eigenvalue weighted by atomic mass is 35.5. The molecule has 0 aliphatic heterocycles. The molecule has 0 radical (unpaired) electrons. The molecule has 0 saturated carbocycles. The van der Waals surface area contributed by atoms with E-state index in [0.29, 0.717) is 17.1 Å². The molecule has 208 valence electrons. The van der Waals surface area contributed by atoms with Crippen molar-refractivity contribution in [1.29, 1.82) is 0 Å². The molecule has 0 aliphatic carbocycles. The van der Waals surface area contributed by atoms with Crippen LogP contribution in [0.15, 0.2) is 77.7 Å². The van der Waals surface area contributed by atoms with E-state index in [0.717, 1.165) is 21.0 Å². The zero-order chi connectivity index (χ0) is 28.7. The average Bonchev–Trinajstić information content (AvgIpc) is 2.89. The second-order valence-corrected chi connectivity index (χ2v) is 12.2. The molecular formula is C30H36ClN3O4S. The average molecular weight is 570 g/mol. The van der Waals surface area contributed by atoms with Crippen LogP contribution in [0.5, 0.6) is 0 Å². The lowest BCUT2D eigenvalue weighted by Crippen LogP contribution is -2.53. The number of sulfonamides is 1. The van der Waals surface area contributed by atoms with E-state index in [4.69, 9.17) is 11.6 Å². The van der Waals surface area contributed by atoms with Gasteiger partial charge in [0.25, 0.3) is 10.0 Å². The molecule has 0 bridgehead atoms. The third-order valence-electron chi connectivity index (χ3n) is 6.54. The first-order valence-electron chi connectivity index (χ1n) is 12.9. The smallest absolute Gasteiger partial charge is 0.264 e. The largest absolute Gasteiger partial charge is 0.352 e. The topological polar surface area (TPSA) is 86.8 Å². The van der Waals surface area contributed by atoms with Gasteiger partial charge in [0.2, 0.25) is 11.8 Å². The number of nitrogens with one attached hydrogen (secondary N) is 1. The molecule has 1 N–H and O–H groups in total. The number of amides is 2. The van der Waals surface area contributed by atoms with Crippen molar-refractivity contribution < 1.29 is 18.0 Å². The van der Waals surface area contributed by atoms with Gasteiger partial charge in [-0.2, -0.15) is 0 Å². The molecular weight excluding hydrogens is 534 g/mol. The van der Waals surface area contributed by atoms with Gasteiger partial charge in [0, 0.05) is 17.6 Å². The Bertz CT molecular complexity index is 1390. The van der Waals surface area contributed by atoms with Crippen molar-refractivity contribution >= 4 is 39.1 Å². The molecule has 0 spiro atoms. The Morgan fingerprint density at radius 2 is 1.54 bits per heavy atom. The fraction of sp³-hybridized carbons (Fsp3) is 0.333. The summed E-state index contributed by atoms with van der Waals surface area (Å²) >= 11 is 6.00. The van der Waals surface area contributed by atoms with Gasteiger partial charge in [-0.15, -0.1) is 0 Å². The number of carbonyl (C=O) groups is 2. The second kappa shape index (κ2) is 13.1. The number of halogens is 1. The Morgan fingerprint density at radius 3 is 2.13 bits per heavy atom. The third-order valence-corrected chi connectivity index (χ3v) is 8.58. The van der Waals surface area contributed by atoms with Crippen LogP contribution in [0.1, 0.15) is 37.5 Å². The van der Waals surface area contributed by atoms with Gasteiger partial charge in [-0.1, -0.05) is 48.0 Å². The van der Waals surface area contributed by atoms with Crippen LogP contribution in [0.3, 0.4) is 0 Å². The van der Waals surface area contributed by atoms with E-state index >= 15 is 0 Å². The highest BCUT2D eigenvalue weighted by Crippen LogP contribution is 2.27. The van der Waals surface area contributed by atoms with Crippen LogP contribution in [0, 0.1) is 13.8 Å². The van der Waals surface area contributed by atoms with Crippen LogP contribution in [0.2, 0.25) is 5.02 Å². The number of carbonyl (C=O) groups excluding carboxylic acids is 2. The quantitative estimate of drug-likeness (QED) is 0.346. The van der Waals surface area contributed by atoms with Gasteiger partial charge < -0.3 is 10.2 Å². The Morgan fingerprint density at radius 1 is 0.897 bits per heavy atom. The van der Waals surface area contributed by atoms with Crippen molar-refractivity contribution in [3.63, 3.8) is 0 Å². The van der Waals surface area contributed by atoms with Crippen LogP contribution in [0.25, 0.3) is 0 Å². The summed E-state index contributed by atoms with van der Waals surface area (Å²) in [6.07, 6.45) is 0.513. The van der Waals surface area contributed by atoms with Crippen molar-refractivity contribution in [2.45, 2.75) is 58.0 Å². The summed E-state index contributed by atoms with van der Waals surface area (Å²) in [5.74, 6) is -0.780. The number of benzene rings is 3. The lowest BCUT2D eigenvalue weighted by Gasteiger charge is -2.32. The maximum Gasteiger partial charge on any atom is 0.264 e. The van der Waals surface area contributed by atoms with Gasteiger partial charge in [0.1, 0.15) is 12.6 Å². The summed E-state index contributed by atoms with van der Waals surface area (Å²) in [5, 5.41) is 3.26. The van der Waals surface area contributed by atoms with Crippen molar-refractivity contribution in [3.8, 4) is 0 Å². The molecule has 0 aromatic heterocycles. The molecule has 3 aromatic carbocycles. The van der Waals surface area contributed by atoms with Gasteiger partial charge in [0.15, 0.2) is 0 Å². The van der Waals surface area contributed by atoms with Crippen molar-refractivity contribution in [3.05, 3.63) is 94.5 Å². The number of hydrogen-bond donors (Lipinski definition) is 1. The molecule has 39 heavy (non-hydrogen) atoms. The van der Waals surface area contributed by atoms with Gasteiger partial charge in [0.05, 0.1) is 10.6 Å². The van der Waals surface area contributed by atoms with Crippen LogP contribution >= 0.6 is 11.6 Å². The molecule has 0 aliphatic rings. The van der Waals surface area contributed by atoms with Crippen LogP contribution in [-0.4, -0.2) is 50.3 Å². The summed E-state index contributed by atoms with van der Waals surface area (Å²) in [7, 11) is -4.13. The molecule has 7 nitrogen and oxygen atoms in total. The van der Waals surface area contributed by atoms with Gasteiger partial charge in [-0.25, -0.2) is 8.42 Å². The van der Waals surface area contributed by atoms with E-state index in [1.807, 2.05) is 64.1 Å². The molecule has 1 atom stereocenters. The number of nitrogens with zero attached hydrogens (tertiary/aromatic N) is 2. The first-order chi connectivity index (χ1) is 18.4. The zero-order valence-corrected chi connectivity index (χ0v) is 24.6. The van der Waals surface area contributed by atoms with E-state index in [1.54, 1.807) is 19.1 Å².